The van der Waals surface area contributed by atoms with Gasteiger partial charge in [0.05, 0.1) is 0 Å². The number of benzene rings is 3. The minimum atomic E-state index is -0.467. The summed E-state index contributed by atoms with van der Waals surface area (Å²) in [4.78, 5) is 26.1. The van der Waals surface area contributed by atoms with E-state index in [1.165, 1.54) is 4.90 Å². The van der Waals surface area contributed by atoms with Crippen LogP contribution in [0.2, 0.25) is 0 Å². The number of fused-ring (bicyclic) bond motifs is 2. The first-order valence-electron chi connectivity index (χ1n) is 7.82. The standard InChI is InChI=1S/C20H14N2O2S/c1-22-19(24)17(18(23)21-20(22)25)11-16-14-8-4-2-6-12(14)10-13-7-3-5-9-15(13)16/h2-11H,1H3,(H,21,23,25)/b17-11+. The van der Waals surface area contributed by atoms with E-state index in [1.807, 2.05) is 48.5 Å². The summed E-state index contributed by atoms with van der Waals surface area (Å²) in [6.07, 6.45) is 1.67. The second kappa shape index (κ2) is 5.79. The van der Waals surface area contributed by atoms with Gasteiger partial charge in [-0.05, 0) is 51.5 Å². The van der Waals surface area contributed by atoms with E-state index in [0.29, 0.717) is 0 Å². The minimum absolute atomic E-state index is 0.0811. The van der Waals surface area contributed by atoms with Gasteiger partial charge in [-0.15, -0.1) is 0 Å². The fourth-order valence-electron chi connectivity index (χ4n) is 3.09. The van der Waals surface area contributed by atoms with Crippen LogP contribution < -0.4 is 5.32 Å². The van der Waals surface area contributed by atoms with Crippen molar-refractivity contribution in [1.29, 1.82) is 0 Å². The summed E-state index contributed by atoms with van der Waals surface area (Å²) in [6, 6.07) is 18.0. The second-order valence-corrected chi connectivity index (χ2v) is 6.30. The molecule has 0 spiro atoms. The molecule has 3 aromatic rings. The van der Waals surface area contributed by atoms with Crippen LogP contribution in [-0.2, 0) is 9.59 Å². The molecule has 0 unspecified atom stereocenters. The molecule has 122 valence electrons. The molecule has 5 heteroatoms. The van der Waals surface area contributed by atoms with Crippen molar-refractivity contribution in [2.75, 3.05) is 7.05 Å². The molecule has 1 fully saturated rings. The van der Waals surface area contributed by atoms with Crippen molar-refractivity contribution in [2.24, 2.45) is 0 Å². The van der Waals surface area contributed by atoms with Crippen LogP contribution in [0.4, 0.5) is 0 Å². The van der Waals surface area contributed by atoms with E-state index in [4.69, 9.17) is 12.2 Å². The summed E-state index contributed by atoms with van der Waals surface area (Å²) in [7, 11) is 1.55. The average Bonchev–Trinajstić information content (AvgIpc) is 2.62. The zero-order valence-electron chi connectivity index (χ0n) is 13.4. The number of carbonyl (C=O) groups excluding carboxylic acids is 2. The molecule has 0 aromatic heterocycles. The molecule has 0 saturated carbocycles. The predicted octanol–water partition coefficient (Wildman–Crippen LogP) is 3.25. The molecule has 1 N–H and O–H groups in total. The average molecular weight is 346 g/mol. The SMILES string of the molecule is CN1C(=O)/C(=C/c2c3ccccc3cc3ccccc23)C(=O)NC1=S. The Morgan fingerprint density at radius 2 is 1.52 bits per heavy atom. The molecule has 25 heavy (non-hydrogen) atoms. The molecule has 1 saturated heterocycles. The van der Waals surface area contributed by atoms with Crippen molar-refractivity contribution in [2.45, 2.75) is 0 Å². The van der Waals surface area contributed by atoms with Crippen LogP contribution in [0, 0.1) is 0 Å². The molecule has 4 nitrogen and oxygen atoms in total. The summed E-state index contributed by atoms with van der Waals surface area (Å²) in [5.74, 6) is -0.865. The van der Waals surface area contributed by atoms with Crippen LogP contribution in [0.25, 0.3) is 27.6 Å². The lowest BCUT2D eigenvalue weighted by Gasteiger charge is -2.25. The van der Waals surface area contributed by atoms with Gasteiger partial charge in [0, 0.05) is 7.05 Å². The Bertz CT molecular complexity index is 1050. The van der Waals surface area contributed by atoms with Gasteiger partial charge in [0.2, 0.25) is 0 Å². The lowest BCUT2D eigenvalue weighted by Crippen LogP contribution is -2.52. The molecule has 0 bridgehead atoms. The Morgan fingerprint density at radius 3 is 2.12 bits per heavy atom. The van der Waals surface area contributed by atoms with Crippen molar-refractivity contribution < 1.29 is 9.59 Å². The summed E-state index contributed by atoms with van der Waals surface area (Å²) in [6.45, 7) is 0. The number of carbonyl (C=O) groups is 2. The number of nitrogens with zero attached hydrogens (tertiary/aromatic N) is 1. The number of amides is 2. The van der Waals surface area contributed by atoms with E-state index >= 15 is 0 Å². The van der Waals surface area contributed by atoms with Crippen molar-refractivity contribution >= 4 is 56.8 Å². The van der Waals surface area contributed by atoms with Crippen LogP contribution in [0.5, 0.6) is 0 Å². The number of likely N-dealkylation sites (N-methyl/N-ethyl adjacent to an activating group) is 1. The van der Waals surface area contributed by atoms with Gasteiger partial charge in [-0.3, -0.25) is 19.8 Å². The summed E-state index contributed by atoms with van der Waals surface area (Å²) in [5, 5.41) is 6.77. The second-order valence-electron chi connectivity index (χ2n) is 5.91. The van der Waals surface area contributed by atoms with Gasteiger partial charge in [-0.2, -0.15) is 0 Å². The summed E-state index contributed by atoms with van der Waals surface area (Å²) >= 11 is 5.00. The fraction of sp³-hybridized carbons (Fsp3) is 0.0500. The quantitative estimate of drug-likeness (QED) is 0.318. The van der Waals surface area contributed by atoms with Crippen LogP contribution >= 0.6 is 12.2 Å². The Labute approximate surface area is 149 Å². The first-order chi connectivity index (χ1) is 12.1. The number of rotatable bonds is 1. The monoisotopic (exact) mass is 346 g/mol. The number of hydrogen-bond acceptors (Lipinski definition) is 3. The van der Waals surface area contributed by atoms with E-state index in [1.54, 1.807) is 13.1 Å². The van der Waals surface area contributed by atoms with E-state index in [-0.39, 0.29) is 10.7 Å². The maximum Gasteiger partial charge on any atom is 0.265 e. The molecule has 0 aliphatic carbocycles. The van der Waals surface area contributed by atoms with Crippen LogP contribution in [0.15, 0.2) is 60.2 Å². The summed E-state index contributed by atoms with van der Waals surface area (Å²) < 4.78 is 0. The normalized spacial score (nSPS) is 16.8. The van der Waals surface area contributed by atoms with E-state index in [9.17, 15) is 9.59 Å². The third-order valence-corrected chi connectivity index (χ3v) is 4.78. The van der Waals surface area contributed by atoms with E-state index in [0.717, 1.165) is 27.1 Å². The zero-order valence-corrected chi connectivity index (χ0v) is 14.3. The highest BCUT2D eigenvalue weighted by Crippen LogP contribution is 2.30. The maximum atomic E-state index is 12.5. The minimum Gasteiger partial charge on any atom is -0.298 e. The molecule has 3 aromatic carbocycles. The molecule has 1 heterocycles. The van der Waals surface area contributed by atoms with Crippen molar-refractivity contribution in [1.82, 2.24) is 10.2 Å². The van der Waals surface area contributed by atoms with Gasteiger partial charge >= 0.3 is 0 Å². The Hall–Kier alpha value is -3.05. The van der Waals surface area contributed by atoms with Gasteiger partial charge < -0.3 is 0 Å². The highest BCUT2D eigenvalue weighted by molar-refractivity contribution is 7.80. The van der Waals surface area contributed by atoms with Crippen LogP contribution in [0.1, 0.15) is 5.56 Å². The Morgan fingerprint density at radius 1 is 0.960 bits per heavy atom. The highest BCUT2D eigenvalue weighted by atomic mass is 32.1. The maximum absolute atomic E-state index is 12.5. The molecule has 0 atom stereocenters. The predicted molar refractivity (Wildman–Crippen MR) is 103 cm³/mol. The third kappa shape index (κ3) is 2.49. The topological polar surface area (TPSA) is 49.4 Å². The van der Waals surface area contributed by atoms with Gasteiger partial charge in [0.15, 0.2) is 5.11 Å². The molecular formula is C20H14N2O2S. The van der Waals surface area contributed by atoms with Gasteiger partial charge in [0.25, 0.3) is 11.8 Å². The first-order valence-corrected chi connectivity index (χ1v) is 8.22. The molecule has 1 aliphatic heterocycles. The Kier molecular flexibility index (Phi) is 3.58. The largest absolute Gasteiger partial charge is 0.298 e. The van der Waals surface area contributed by atoms with Crippen molar-refractivity contribution in [3.63, 3.8) is 0 Å². The van der Waals surface area contributed by atoms with Gasteiger partial charge in [-0.1, -0.05) is 48.5 Å². The number of nitrogens with one attached hydrogen (secondary N) is 1. The van der Waals surface area contributed by atoms with Gasteiger partial charge in [0.1, 0.15) is 5.57 Å². The molecule has 4 rings (SSSR count). The smallest absolute Gasteiger partial charge is 0.265 e. The van der Waals surface area contributed by atoms with Crippen LogP contribution in [0.3, 0.4) is 0 Å². The number of thiocarbonyl (C=S) groups is 1. The van der Waals surface area contributed by atoms with E-state index < -0.39 is 11.8 Å². The lowest BCUT2D eigenvalue weighted by atomic mass is 9.94. The van der Waals surface area contributed by atoms with E-state index in [2.05, 4.69) is 11.4 Å². The molecule has 1 aliphatic rings. The van der Waals surface area contributed by atoms with Gasteiger partial charge in [-0.25, -0.2) is 0 Å². The lowest BCUT2D eigenvalue weighted by molar-refractivity contribution is -0.128. The highest BCUT2D eigenvalue weighted by Gasteiger charge is 2.31. The summed E-state index contributed by atoms with van der Waals surface area (Å²) in [5.41, 5.74) is 0.936. The molecule has 0 radical (unpaired) electrons. The van der Waals surface area contributed by atoms with Crippen molar-refractivity contribution in [3.8, 4) is 0 Å². The Balaban J connectivity index is 2.03. The van der Waals surface area contributed by atoms with Crippen LogP contribution in [-0.4, -0.2) is 28.9 Å². The number of hydrogen-bond donors (Lipinski definition) is 1. The first kappa shape index (κ1) is 15.5. The van der Waals surface area contributed by atoms with Crippen molar-refractivity contribution in [3.05, 3.63) is 65.7 Å². The fourth-order valence-corrected chi connectivity index (χ4v) is 3.27. The third-order valence-electron chi connectivity index (χ3n) is 4.41. The molecular weight excluding hydrogens is 332 g/mol. The zero-order chi connectivity index (χ0) is 17.6. The molecule has 2 amide bonds.